The highest BCUT2D eigenvalue weighted by Crippen LogP contribution is 2.15. The molecule has 0 radical (unpaired) electrons. The molecule has 0 unspecified atom stereocenters. The largest absolute Gasteiger partial charge is 0.341 e. The average Bonchev–Trinajstić information content (AvgIpc) is 2.68. The van der Waals surface area contributed by atoms with Crippen LogP contribution in [0, 0.1) is 13.8 Å². The Kier molecular flexibility index (Phi) is 4.83. The summed E-state index contributed by atoms with van der Waals surface area (Å²) in [5.74, 6) is 0.108. The number of carbonyl (C=O) groups excluding carboxylic acids is 1. The number of nitrogens with zero attached hydrogens (tertiary/aromatic N) is 3. The van der Waals surface area contributed by atoms with E-state index >= 15 is 0 Å². The first-order valence-corrected chi connectivity index (χ1v) is 7.65. The van der Waals surface area contributed by atoms with Crippen LogP contribution in [0.3, 0.4) is 0 Å². The van der Waals surface area contributed by atoms with Crippen LogP contribution in [-0.2, 0) is 24.8 Å². The Labute approximate surface area is 133 Å². The molecule has 2 rings (SSSR count). The Morgan fingerprint density at radius 3 is 2.43 bits per heavy atom. The summed E-state index contributed by atoms with van der Waals surface area (Å²) in [6.45, 7) is 4.56. The highest BCUT2D eigenvalue weighted by molar-refractivity contribution is 9.10. The molecule has 1 heterocycles. The molecule has 1 aromatic carbocycles. The summed E-state index contributed by atoms with van der Waals surface area (Å²) in [6.07, 6.45) is 0.401. The summed E-state index contributed by atoms with van der Waals surface area (Å²) < 4.78 is 2.87. The van der Waals surface area contributed by atoms with Crippen molar-refractivity contribution in [2.24, 2.45) is 7.05 Å². The number of hydrogen-bond donors (Lipinski definition) is 0. The van der Waals surface area contributed by atoms with E-state index in [1.807, 2.05) is 56.9 Å². The van der Waals surface area contributed by atoms with Crippen LogP contribution in [0.25, 0.3) is 0 Å². The second-order valence-corrected chi connectivity index (χ2v) is 6.24. The minimum absolute atomic E-state index is 0.108. The maximum absolute atomic E-state index is 12.4. The van der Waals surface area contributed by atoms with Crippen molar-refractivity contribution in [3.63, 3.8) is 0 Å². The molecule has 0 aliphatic rings. The molecule has 0 aliphatic carbocycles. The Balaban J connectivity index is 2.04. The molecule has 5 heteroatoms. The first-order valence-electron chi connectivity index (χ1n) is 6.86. The van der Waals surface area contributed by atoms with Gasteiger partial charge < -0.3 is 4.90 Å². The van der Waals surface area contributed by atoms with E-state index in [-0.39, 0.29) is 5.91 Å². The third kappa shape index (κ3) is 3.73. The summed E-state index contributed by atoms with van der Waals surface area (Å²) in [4.78, 5) is 14.1. The third-order valence-corrected chi connectivity index (χ3v) is 4.27. The number of hydrogen-bond acceptors (Lipinski definition) is 2. The normalized spacial score (nSPS) is 10.7. The number of aryl methyl sites for hydroxylation is 2. The fourth-order valence-corrected chi connectivity index (χ4v) is 2.58. The van der Waals surface area contributed by atoms with E-state index in [1.54, 1.807) is 4.90 Å². The molecule has 0 atom stereocenters. The average molecular weight is 350 g/mol. The van der Waals surface area contributed by atoms with Crippen molar-refractivity contribution < 1.29 is 4.79 Å². The molecule has 4 nitrogen and oxygen atoms in total. The number of halogens is 1. The van der Waals surface area contributed by atoms with E-state index < -0.39 is 0 Å². The van der Waals surface area contributed by atoms with Crippen LogP contribution < -0.4 is 0 Å². The molecule has 0 N–H and O–H groups in total. The van der Waals surface area contributed by atoms with E-state index in [9.17, 15) is 4.79 Å². The van der Waals surface area contributed by atoms with Gasteiger partial charge >= 0.3 is 0 Å². The molecular formula is C16H20BrN3O. The Morgan fingerprint density at radius 2 is 1.90 bits per heavy atom. The second kappa shape index (κ2) is 6.43. The zero-order valence-corrected chi connectivity index (χ0v) is 14.4. The molecule has 0 saturated carbocycles. The zero-order chi connectivity index (χ0) is 15.6. The van der Waals surface area contributed by atoms with Crippen LogP contribution in [0.5, 0.6) is 0 Å². The highest BCUT2D eigenvalue weighted by Gasteiger charge is 2.16. The van der Waals surface area contributed by atoms with E-state index in [1.165, 1.54) is 0 Å². The molecule has 1 aromatic heterocycles. The van der Waals surface area contributed by atoms with Crippen molar-refractivity contribution >= 4 is 21.8 Å². The predicted octanol–water partition coefficient (Wildman–Crippen LogP) is 3.00. The summed E-state index contributed by atoms with van der Waals surface area (Å²) in [5, 5.41) is 4.36. The first kappa shape index (κ1) is 15.8. The van der Waals surface area contributed by atoms with E-state index in [4.69, 9.17) is 0 Å². The van der Waals surface area contributed by atoms with Crippen molar-refractivity contribution in [3.05, 3.63) is 51.3 Å². The van der Waals surface area contributed by atoms with Gasteiger partial charge in [-0.15, -0.1) is 0 Å². The van der Waals surface area contributed by atoms with Crippen LogP contribution >= 0.6 is 15.9 Å². The van der Waals surface area contributed by atoms with Gasteiger partial charge in [0.1, 0.15) is 0 Å². The van der Waals surface area contributed by atoms with E-state index in [0.717, 1.165) is 27.0 Å². The Bertz CT molecular complexity index is 646. The number of amides is 1. The minimum Gasteiger partial charge on any atom is -0.341 e. The maximum atomic E-state index is 12.4. The lowest BCUT2D eigenvalue weighted by atomic mass is 10.1. The third-order valence-electron chi connectivity index (χ3n) is 3.75. The molecule has 0 bridgehead atoms. The van der Waals surface area contributed by atoms with Gasteiger partial charge in [0.05, 0.1) is 12.1 Å². The highest BCUT2D eigenvalue weighted by atomic mass is 79.9. The van der Waals surface area contributed by atoms with Gasteiger partial charge in [-0.05, 0) is 31.5 Å². The van der Waals surface area contributed by atoms with E-state index in [0.29, 0.717) is 13.0 Å². The zero-order valence-electron chi connectivity index (χ0n) is 12.9. The Hall–Kier alpha value is -1.62. The van der Waals surface area contributed by atoms with Crippen molar-refractivity contribution in [2.45, 2.75) is 26.8 Å². The van der Waals surface area contributed by atoms with Gasteiger partial charge in [-0.3, -0.25) is 9.48 Å². The summed E-state index contributed by atoms with van der Waals surface area (Å²) in [6, 6.07) is 8.02. The summed E-state index contributed by atoms with van der Waals surface area (Å²) >= 11 is 3.41. The fourth-order valence-electron chi connectivity index (χ4n) is 2.31. The topological polar surface area (TPSA) is 38.1 Å². The minimum atomic E-state index is 0.108. The summed E-state index contributed by atoms with van der Waals surface area (Å²) in [7, 11) is 3.74. The monoisotopic (exact) mass is 349 g/mol. The maximum Gasteiger partial charge on any atom is 0.227 e. The molecule has 0 saturated heterocycles. The number of rotatable bonds is 4. The lowest BCUT2D eigenvalue weighted by Crippen LogP contribution is -2.28. The number of benzene rings is 1. The molecular weight excluding hydrogens is 330 g/mol. The standard InChI is InChI=1S/C16H20BrN3O/c1-11-15(12(2)20(4)18-11)9-16(21)19(3)10-13-5-7-14(17)8-6-13/h5-8H,9-10H2,1-4H3. The van der Waals surface area contributed by atoms with Crippen molar-refractivity contribution in [1.29, 1.82) is 0 Å². The molecule has 0 fully saturated rings. The smallest absolute Gasteiger partial charge is 0.227 e. The van der Waals surface area contributed by atoms with Gasteiger partial charge in [0.2, 0.25) is 5.91 Å². The van der Waals surface area contributed by atoms with Crippen LogP contribution in [0.4, 0.5) is 0 Å². The van der Waals surface area contributed by atoms with Gasteiger partial charge in [-0.25, -0.2) is 0 Å². The van der Waals surface area contributed by atoms with Crippen LogP contribution in [0.1, 0.15) is 22.5 Å². The number of carbonyl (C=O) groups is 1. The van der Waals surface area contributed by atoms with Gasteiger partial charge in [0.15, 0.2) is 0 Å². The van der Waals surface area contributed by atoms with Crippen molar-refractivity contribution in [3.8, 4) is 0 Å². The molecule has 2 aromatic rings. The predicted molar refractivity (Wildman–Crippen MR) is 87.0 cm³/mol. The molecule has 0 aliphatic heterocycles. The Morgan fingerprint density at radius 1 is 1.29 bits per heavy atom. The van der Waals surface area contributed by atoms with Crippen LogP contribution in [-0.4, -0.2) is 27.6 Å². The van der Waals surface area contributed by atoms with Gasteiger partial charge in [0.25, 0.3) is 0 Å². The number of likely N-dealkylation sites (N-methyl/N-ethyl adjacent to an activating group) is 1. The molecule has 112 valence electrons. The lowest BCUT2D eigenvalue weighted by molar-refractivity contribution is -0.129. The second-order valence-electron chi connectivity index (χ2n) is 5.33. The molecule has 0 spiro atoms. The van der Waals surface area contributed by atoms with Gasteiger partial charge in [0, 0.05) is 36.4 Å². The first-order chi connectivity index (χ1) is 9.88. The quantitative estimate of drug-likeness (QED) is 0.850. The van der Waals surface area contributed by atoms with Crippen molar-refractivity contribution in [2.75, 3.05) is 7.05 Å². The lowest BCUT2D eigenvalue weighted by Gasteiger charge is -2.17. The van der Waals surface area contributed by atoms with Gasteiger partial charge in [-0.1, -0.05) is 28.1 Å². The fraction of sp³-hybridized carbons (Fsp3) is 0.375. The summed E-state index contributed by atoms with van der Waals surface area (Å²) in [5.41, 5.74) is 4.14. The molecule has 21 heavy (non-hydrogen) atoms. The van der Waals surface area contributed by atoms with Crippen LogP contribution in [0.15, 0.2) is 28.7 Å². The molecule has 1 amide bonds. The van der Waals surface area contributed by atoms with Crippen LogP contribution in [0.2, 0.25) is 0 Å². The van der Waals surface area contributed by atoms with E-state index in [2.05, 4.69) is 21.0 Å². The number of aromatic nitrogens is 2. The van der Waals surface area contributed by atoms with Gasteiger partial charge in [-0.2, -0.15) is 5.10 Å². The SMILES string of the molecule is Cc1nn(C)c(C)c1CC(=O)N(C)Cc1ccc(Br)cc1. The van der Waals surface area contributed by atoms with Crippen molar-refractivity contribution in [1.82, 2.24) is 14.7 Å².